The first-order valence-corrected chi connectivity index (χ1v) is 19.0. The highest BCUT2D eigenvalue weighted by molar-refractivity contribution is 5.95. The minimum Gasteiger partial charge on any atom is -0.508 e. The van der Waals surface area contributed by atoms with E-state index < -0.39 is 53.6 Å². The normalized spacial score (nSPS) is 22.5. The number of benzene rings is 2. The van der Waals surface area contributed by atoms with E-state index in [1.807, 2.05) is 36.4 Å². The van der Waals surface area contributed by atoms with Crippen LogP contribution in [0.3, 0.4) is 0 Å². The molecule has 4 aliphatic rings. The van der Waals surface area contributed by atoms with Gasteiger partial charge < -0.3 is 39.8 Å². The number of fused-ring (bicyclic) bond motifs is 1. The van der Waals surface area contributed by atoms with Crippen LogP contribution < -0.4 is 10.6 Å². The summed E-state index contributed by atoms with van der Waals surface area (Å²) in [6, 6.07) is 13.6. The number of hydrogen-bond donors (Lipinski definition) is 4. The topological polar surface area (TPSA) is 170 Å². The molecule has 0 bridgehead atoms. The molecule has 6 rings (SSSR count). The number of aliphatic hydroxyl groups is 1. The van der Waals surface area contributed by atoms with Gasteiger partial charge >= 0.3 is 11.9 Å². The van der Waals surface area contributed by atoms with E-state index in [0.29, 0.717) is 23.1 Å². The van der Waals surface area contributed by atoms with Gasteiger partial charge in [-0.3, -0.25) is 14.4 Å². The quantitative estimate of drug-likeness (QED) is 0.173. The molecule has 2 aromatic rings. The zero-order valence-electron chi connectivity index (χ0n) is 31.3. The maximum absolute atomic E-state index is 13.8. The highest BCUT2D eigenvalue weighted by Gasteiger charge is 2.64. The molecule has 2 aromatic carbocycles. The number of phenolic OH excluding ortho intramolecular Hbond substituents is 1. The average molecular weight is 745 g/mol. The highest BCUT2D eigenvalue weighted by Crippen LogP contribution is 2.59. The van der Waals surface area contributed by atoms with Gasteiger partial charge in [-0.15, -0.1) is 0 Å². The smallest absolute Gasteiger partial charge is 0.339 e. The van der Waals surface area contributed by atoms with Gasteiger partial charge in [0.1, 0.15) is 29.7 Å². The van der Waals surface area contributed by atoms with Crippen molar-refractivity contribution in [3.8, 4) is 5.75 Å². The minimum absolute atomic E-state index is 0.0245. The second-order valence-electron chi connectivity index (χ2n) is 15.7. The Morgan fingerprint density at radius 2 is 1.69 bits per heavy atom. The van der Waals surface area contributed by atoms with Crippen LogP contribution in [0.2, 0.25) is 0 Å². The van der Waals surface area contributed by atoms with Crippen LogP contribution in [0.25, 0.3) is 6.08 Å². The lowest BCUT2D eigenvalue weighted by molar-refractivity contribution is -0.209. The van der Waals surface area contributed by atoms with E-state index in [1.54, 1.807) is 51.1 Å². The molecule has 2 amide bonds. The predicted octanol–water partition coefficient (Wildman–Crippen LogP) is 4.91. The van der Waals surface area contributed by atoms with Gasteiger partial charge in [0.15, 0.2) is 5.79 Å². The number of para-hydroxylation sites is 1. The molecule has 290 valence electrons. The Kier molecular flexibility index (Phi) is 12.2. The largest absolute Gasteiger partial charge is 0.508 e. The molecule has 4 atom stereocenters. The van der Waals surface area contributed by atoms with Crippen LogP contribution in [0.1, 0.15) is 93.6 Å². The fraction of sp³-hybridized carbons (Fsp3) is 0.524. The Bertz CT molecular complexity index is 1740. The summed E-state index contributed by atoms with van der Waals surface area (Å²) in [7, 11) is 0. The maximum atomic E-state index is 13.8. The third-order valence-electron chi connectivity index (χ3n) is 10.1. The van der Waals surface area contributed by atoms with Crippen LogP contribution in [-0.2, 0) is 39.8 Å². The Hall–Kier alpha value is -4.52. The van der Waals surface area contributed by atoms with Gasteiger partial charge in [-0.05, 0) is 88.6 Å². The number of phenols is 1. The molecular formula is C42H52N2O10. The molecule has 12 heteroatoms. The number of esters is 2. The monoisotopic (exact) mass is 744 g/mol. The standard InChI is InChI=1S/C42H52N2O10/c1-41(2,3)53-37(48)20-19-31(25-45)44-36(47)21-22-43-39(49)28-23-34(38-35(24-28)52-42(54-38,29-15-16-29)30-17-18-30)51-40(50)32-13-6-4-9-26(32)11-8-12-27-10-5-7-14-33(27)46/h4-11,13-14,24,29-31,34-35,38,45-46H,12,15-23,25H2,1-3H3,(H,43,49)(H,44,47). The van der Waals surface area contributed by atoms with Crippen LogP contribution in [0.5, 0.6) is 5.75 Å². The number of hydrogen-bond acceptors (Lipinski definition) is 10. The molecular weight excluding hydrogens is 692 g/mol. The molecule has 2 saturated carbocycles. The second-order valence-corrected chi connectivity index (χ2v) is 15.7. The first-order chi connectivity index (χ1) is 25.8. The van der Waals surface area contributed by atoms with E-state index >= 15 is 0 Å². The highest BCUT2D eigenvalue weighted by atomic mass is 16.8. The van der Waals surface area contributed by atoms with Crippen molar-refractivity contribution in [2.24, 2.45) is 11.8 Å². The van der Waals surface area contributed by atoms with Crippen molar-refractivity contribution in [2.45, 2.75) is 114 Å². The van der Waals surface area contributed by atoms with Gasteiger partial charge in [0.05, 0.1) is 18.2 Å². The molecule has 3 aliphatic carbocycles. The molecule has 1 heterocycles. The predicted molar refractivity (Wildman–Crippen MR) is 199 cm³/mol. The van der Waals surface area contributed by atoms with E-state index in [1.165, 1.54) is 0 Å². The van der Waals surface area contributed by atoms with E-state index in [4.69, 9.17) is 18.9 Å². The minimum atomic E-state index is -0.801. The van der Waals surface area contributed by atoms with E-state index in [-0.39, 0.29) is 62.3 Å². The summed E-state index contributed by atoms with van der Waals surface area (Å²) in [6.45, 7) is 4.98. The molecule has 0 aromatic heterocycles. The molecule has 54 heavy (non-hydrogen) atoms. The molecule has 4 N–H and O–H groups in total. The van der Waals surface area contributed by atoms with Gasteiger partial charge in [0.2, 0.25) is 11.8 Å². The fourth-order valence-corrected chi connectivity index (χ4v) is 7.19. The van der Waals surface area contributed by atoms with Crippen molar-refractivity contribution in [3.05, 3.63) is 82.9 Å². The molecule has 4 unspecified atom stereocenters. The van der Waals surface area contributed by atoms with Crippen LogP contribution in [0, 0.1) is 11.8 Å². The number of allylic oxidation sites excluding steroid dienone is 1. The fourth-order valence-electron chi connectivity index (χ4n) is 7.19. The SMILES string of the molecule is CC(C)(C)OC(=O)CCC(CO)NC(=O)CCNC(=O)C1=CC2OC(C3CC3)(C3CC3)OC2C(OC(=O)c2ccccc2C=CCc2ccccc2O)C1. The van der Waals surface area contributed by atoms with Crippen LogP contribution >= 0.6 is 0 Å². The molecule has 0 radical (unpaired) electrons. The maximum Gasteiger partial charge on any atom is 0.339 e. The Morgan fingerprint density at radius 3 is 2.37 bits per heavy atom. The number of rotatable bonds is 16. The summed E-state index contributed by atoms with van der Waals surface area (Å²) in [5.74, 6) is -1.79. The zero-order valence-corrected chi connectivity index (χ0v) is 31.3. The second kappa shape index (κ2) is 16.9. The van der Waals surface area contributed by atoms with Crippen LogP contribution in [0.15, 0.2) is 66.3 Å². The summed E-state index contributed by atoms with van der Waals surface area (Å²) < 4.78 is 24.9. The lowest BCUT2D eigenvalue weighted by Gasteiger charge is -2.31. The average Bonchev–Trinajstić information content (AvgIpc) is 4.08. The summed E-state index contributed by atoms with van der Waals surface area (Å²) in [5.41, 5.74) is 1.52. The first kappa shape index (κ1) is 39.2. The summed E-state index contributed by atoms with van der Waals surface area (Å²) in [6.07, 6.45) is 8.26. The van der Waals surface area contributed by atoms with Gasteiger partial charge in [-0.1, -0.05) is 48.6 Å². The summed E-state index contributed by atoms with van der Waals surface area (Å²) in [5, 5.41) is 25.4. The van der Waals surface area contributed by atoms with Gasteiger partial charge in [0, 0.05) is 43.2 Å². The van der Waals surface area contributed by atoms with Crippen molar-refractivity contribution in [1.29, 1.82) is 0 Å². The summed E-state index contributed by atoms with van der Waals surface area (Å²) in [4.78, 5) is 52.1. The Balaban J connectivity index is 1.09. The van der Waals surface area contributed by atoms with Crippen molar-refractivity contribution < 1.29 is 48.3 Å². The third kappa shape index (κ3) is 9.96. The van der Waals surface area contributed by atoms with Gasteiger partial charge in [-0.25, -0.2) is 4.79 Å². The van der Waals surface area contributed by atoms with Crippen molar-refractivity contribution in [3.63, 3.8) is 0 Å². The Labute approximate surface area is 316 Å². The molecule has 3 fully saturated rings. The van der Waals surface area contributed by atoms with Crippen LogP contribution in [-0.4, -0.2) is 82.9 Å². The number of ether oxygens (including phenoxy) is 4. The van der Waals surface area contributed by atoms with Crippen molar-refractivity contribution in [2.75, 3.05) is 13.2 Å². The van der Waals surface area contributed by atoms with E-state index in [0.717, 1.165) is 31.2 Å². The molecule has 1 saturated heterocycles. The molecule has 12 nitrogen and oxygen atoms in total. The van der Waals surface area contributed by atoms with E-state index in [2.05, 4.69) is 10.6 Å². The lowest BCUT2D eigenvalue weighted by Crippen LogP contribution is -2.44. The number of carbonyl (C=O) groups excluding carboxylic acids is 4. The molecule has 0 spiro atoms. The van der Waals surface area contributed by atoms with Gasteiger partial charge in [0.25, 0.3) is 0 Å². The first-order valence-electron chi connectivity index (χ1n) is 19.0. The van der Waals surface area contributed by atoms with E-state index in [9.17, 15) is 29.4 Å². The number of aliphatic hydroxyl groups excluding tert-OH is 1. The Morgan fingerprint density at radius 1 is 0.981 bits per heavy atom. The zero-order chi connectivity index (χ0) is 38.5. The number of carbonyl (C=O) groups is 4. The molecule has 1 aliphatic heterocycles. The third-order valence-corrected chi connectivity index (χ3v) is 10.1. The van der Waals surface area contributed by atoms with Gasteiger partial charge in [-0.2, -0.15) is 0 Å². The number of amides is 2. The van der Waals surface area contributed by atoms with Crippen molar-refractivity contribution >= 4 is 29.8 Å². The van der Waals surface area contributed by atoms with Crippen molar-refractivity contribution in [1.82, 2.24) is 10.6 Å². The number of nitrogens with one attached hydrogen (secondary N) is 2. The summed E-state index contributed by atoms with van der Waals surface area (Å²) >= 11 is 0. The van der Waals surface area contributed by atoms with Crippen LogP contribution in [0.4, 0.5) is 0 Å². The lowest BCUT2D eigenvalue weighted by atomic mass is 9.91. The number of aromatic hydroxyl groups is 1.